The van der Waals surface area contributed by atoms with Gasteiger partial charge in [0.05, 0.1) is 0 Å². The first kappa shape index (κ1) is 13.6. The van der Waals surface area contributed by atoms with Gasteiger partial charge in [-0.1, -0.05) is 28.1 Å². The molecule has 3 N–H and O–H groups in total. The lowest BCUT2D eigenvalue weighted by atomic mass is 10.1. The number of anilines is 1. The van der Waals surface area contributed by atoms with Gasteiger partial charge in [-0.25, -0.2) is 0 Å². The Balaban J connectivity index is 1.67. The maximum Gasteiger partial charge on any atom is 0.244 e. The molecule has 1 aromatic heterocycles. The van der Waals surface area contributed by atoms with Gasteiger partial charge in [0, 0.05) is 30.0 Å². The molecule has 1 saturated heterocycles. The number of aromatic amines is 1. The van der Waals surface area contributed by atoms with Crippen LogP contribution in [-0.4, -0.2) is 34.3 Å². The molecular formula is C14H18BrN5. The number of rotatable bonds is 3. The summed E-state index contributed by atoms with van der Waals surface area (Å²) in [5.41, 5.74) is 7.13. The molecule has 0 spiro atoms. The van der Waals surface area contributed by atoms with Crippen LogP contribution in [-0.2, 0) is 6.42 Å². The van der Waals surface area contributed by atoms with Crippen molar-refractivity contribution in [1.82, 2.24) is 15.2 Å². The van der Waals surface area contributed by atoms with Gasteiger partial charge in [0.2, 0.25) is 5.95 Å². The topological polar surface area (TPSA) is 70.8 Å². The minimum atomic E-state index is 0.325. The molecule has 0 atom stereocenters. The maximum absolute atomic E-state index is 5.92. The fraction of sp³-hybridized carbons (Fsp3) is 0.429. The highest BCUT2D eigenvalue weighted by molar-refractivity contribution is 9.10. The van der Waals surface area contributed by atoms with E-state index in [0.717, 1.165) is 48.6 Å². The molecule has 0 radical (unpaired) electrons. The van der Waals surface area contributed by atoms with E-state index in [1.165, 1.54) is 5.56 Å². The van der Waals surface area contributed by atoms with Crippen molar-refractivity contribution in [2.45, 2.75) is 25.3 Å². The number of H-pyrrole nitrogens is 1. The van der Waals surface area contributed by atoms with Crippen LogP contribution in [0.3, 0.4) is 0 Å². The maximum atomic E-state index is 5.92. The molecule has 0 amide bonds. The second kappa shape index (κ2) is 5.93. The van der Waals surface area contributed by atoms with E-state index >= 15 is 0 Å². The normalized spacial score (nSPS) is 16.6. The van der Waals surface area contributed by atoms with Gasteiger partial charge in [-0.3, -0.25) is 5.10 Å². The van der Waals surface area contributed by atoms with Crippen molar-refractivity contribution in [1.29, 1.82) is 0 Å². The first-order valence-electron chi connectivity index (χ1n) is 6.87. The van der Waals surface area contributed by atoms with E-state index < -0.39 is 0 Å². The van der Waals surface area contributed by atoms with Crippen molar-refractivity contribution < 1.29 is 0 Å². The average molecular weight is 336 g/mol. The molecular weight excluding hydrogens is 318 g/mol. The van der Waals surface area contributed by atoms with Crippen molar-refractivity contribution in [3.05, 3.63) is 40.1 Å². The third-order valence-electron chi connectivity index (χ3n) is 3.60. The molecule has 6 heteroatoms. The number of nitrogens with two attached hydrogens (primary N) is 1. The Morgan fingerprint density at radius 2 is 2.15 bits per heavy atom. The standard InChI is InChI=1S/C14H18BrN5/c15-11-3-1-2-10(8-11)9-13-17-14(19-18-13)20-6-4-12(16)5-7-20/h1-3,8,12H,4-7,9,16H2,(H,17,18,19). The van der Waals surface area contributed by atoms with Crippen LogP contribution in [0.2, 0.25) is 0 Å². The highest BCUT2D eigenvalue weighted by atomic mass is 79.9. The van der Waals surface area contributed by atoms with Gasteiger partial charge < -0.3 is 10.6 Å². The molecule has 0 unspecified atom stereocenters. The van der Waals surface area contributed by atoms with E-state index in [4.69, 9.17) is 5.73 Å². The quantitative estimate of drug-likeness (QED) is 0.900. The largest absolute Gasteiger partial charge is 0.339 e. The number of piperidine rings is 1. The summed E-state index contributed by atoms with van der Waals surface area (Å²) in [4.78, 5) is 6.79. The SMILES string of the molecule is NC1CCN(c2n[nH]c(Cc3cccc(Br)c3)n2)CC1. The summed E-state index contributed by atoms with van der Waals surface area (Å²) in [6, 6.07) is 8.57. The second-order valence-corrected chi connectivity index (χ2v) is 6.13. The van der Waals surface area contributed by atoms with Gasteiger partial charge in [0.1, 0.15) is 5.82 Å². The van der Waals surface area contributed by atoms with Crippen LogP contribution in [0, 0.1) is 0 Å². The van der Waals surface area contributed by atoms with Crippen molar-refractivity contribution in [3.8, 4) is 0 Å². The summed E-state index contributed by atoms with van der Waals surface area (Å²) < 4.78 is 1.08. The molecule has 1 fully saturated rings. The summed E-state index contributed by atoms with van der Waals surface area (Å²) in [5.74, 6) is 1.69. The Labute approximate surface area is 126 Å². The van der Waals surface area contributed by atoms with Crippen LogP contribution in [0.1, 0.15) is 24.2 Å². The number of hydrogen-bond acceptors (Lipinski definition) is 4. The number of aromatic nitrogens is 3. The Morgan fingerprint density at radius 3 is 2.90 bits per heavy atom. The van der Waals surface area contributed by atoms with E-state index in [1.54, 1.807) is 0 Å². The van der Waals surface area contributed by atoms with Crippen LogP contribution in [0.15, 0.2) is 28.7 Å². The van der Waals surface area contributed by atoms with Gasteiger partial charge >= 0.3 is 0 Å². The lowest BCUT2D eigenvalue weighted by Gasteiger charge is -2.28. The first-order valence-corrected chi connectivity index (χ1v) is 7.66. The van der Waals surface area contributed by atoms with Crippen LogP contribution in [0.25, 0.3) is 0 Å². The first-order chi connectivity index (χ1) is 9.70. The number of hydrogen-bond donors (Lipinski definition) is 2. The van der Waals surface area contributed by atoms with E-state index in [9.17, 15) is 0 Å². The smallest absolute Gasteiger partial charge is 0.244 e. The van der Waals surface area contributed by atoms with Crippen LogP contribution < -0.4 is 10.6 Å². The fourth-order valence-corrected chi connectivity index (χ4v) is 2.89. The number of nitrogens with zero attached hydrogens (tertiary/aromatic N) is 3. The highest BCUT2D eigenvalue weighted by Gasteiger charge is 2.19. The molecule has 0 bridgehead atoms. The monoisotopic (exact) mass is 335 g/mol. The van der Waals surface area contributed by atoms with E-state index in [0.29, 0.717) is 6.04 Å². The van der Waals surface area contributed by atoms with Gasteiger partial charge in [0.15, 0.2) is 0 Å². The zero-order chi connectivity index (χ0) is 13.9. The van der Waals surface area contributed by atoms with E-state index in [1.807, 2.05) is 12.1 Å². The number of nitrogens with one attached hydrogen (secondary N) is 1. The molecule has 3 rings (SSSR count). The van der Waals surface area contributed by atoms with Gasteiger partial charge in [-0.05, 0) is 30.5 Å². The van der Waals surface area contributed by atoms with Crippen LogP contribution in [0.5, 0.6) is 0 Å². The van der Waals surface area contributed by atoms with Gasteiger partial charge in [-0.2, -0.15) is 4.98 Å². The van der Waals surface area contributed by atoms with Gasteiger partial charge in [0.25, 0.3) is 0 Å². The molecule has 5 nitrogen and oxygen atoms in total. The van der Waals surface area contributed by atoms with Crippen molar-refractivity contribution >= 4 is 21.9 Å². The highest BCUT2D eigenvalue weighted by Crippen LogP contribution is 2.17. The molecule has 1 aliphatic heterocycles. The Morgan fingerprint density at radius 1 is 1.35 bits per heavy atom. The third kappa shape index (κ3) is 3.19. The summed E-state index contributed by atoms with van der Waals surface area (Å²) in [6.45, 7) is 1.88. The lowest BCUT2D eigenvalue weighted by Crippen LogP contribution is -2.40. The zero-order valence-electron chi connectivity index (χ0n) is 11.2. The Kier molecular flexibility index (Phi) is 4.03. The van der Waals surface area contributed by atoms with Crippen molar-refractivity contribution in [3.63, 3.8) is 0 Å². The lowest BCUT2D eigenvalue weighted by molar-refractivity contribution is 0.496. The molecule has 0 aliphatic carbocycles. The molecule has 0 saturated carbocycles. The minimum absolute atomic E-state index is 0.325. The predicted molar refractivity (Wildman–Crippen MR) is 82.8 cm³/mol. The van der Waals surface area contributed by atoms with E-state index in [2.05, 4.69) is 48.1 Å². The summed E-state index contributed by atoms with van der Waals surface area (Å²) in [7, 11) is 0. The number of benzene rings is 1. The summed E-state index contributed by atoms with van der Waals surface area (Å²) >= 11 is 3.48. The van der Waals surface area contributed by atoms with Crippen LogP contribution in [0.4, 0.5) is 5.95 Å². The predicted octanol–water partition coefficient (Wildman–Crippen LogP) is 2.09. The average Bonchev–Trinajstić information content (AvgIpc) is 2.88. The van der Waals surface area contributed by atoms with Crippen molar-refractivity contribution in [2.75, 3.05) is 18.0 Å². The van der Waals surface area contributed by atoms with Crippen molar-refractivity contribution in [2.24, 2.45) is 5.73 Å². The fourth-order valence-electron chi connectivity index (χ4n) is 2.45. The Hall–Kier alpha value is -1.40. The van der Waals surface area contributed by atoms with E-state index in [-0.39, 0.29) is 0 Å². The molecule has 106 valence electrons. The molecule has 1 aliphatic rings. The zero-order valence-corrected chi connectivity index (χ0v) is 12.8. The molecule has 2 heterocycles. The molecule has 20 heavy (non-hydrogen) atoms. The number of halogens is 1. The third-order valence-corrected chi connectivity index (χ3v) is 4.10. The van der Waals surface area contributed by atoms with Gasteiger partial charge in [-0.15, -0.1) is 5.10 Å². The minimum Gasteiger partial charge on any atom is -0.339 e. The van der Waals surface area contributed by atoms with Crippen LogP contribution >= 0.6 is 15.9 Å². The summed E-state index contributed by atoms with van der Waals surface area (Å²) in [5, 5.41) is 7.35. The molecule has 1 aromatic carbocycles. The Bertz CT molecular complexity index is 574. The molecule has 2 aromatic rings. The second-order valence-electron chi connectivity index (χ2n) is 5.21. The summed E-state index contributed by atoms with van der Waals surface area (Å²) in [6.07, 6.45) is 2.78.